The summed E-state index contributed by atoms with van der Waals surface area (Å²) >= 11 is 0. The fourth-order valence-corrected chi connectivity index (χ4v) is 3.09. The van der Waals surface area contributed by atoms with E-state index in [-0.39, 0.29) is 0 Å². The number of hydrogen-bond donors (Lipinski definition) is 6. The highest BCUT2D eigenvalue weighted by Crippen LogP contribution is 2.16. The Morgan fingerprint density at radius 3 is 0.781 bits per heavy atom. The van der Waals surface area contributed by atoms with E-state index in [9.17, 15) is 36.0 Å². The molecule has 0 fully saturated rings. The van der Waals surface area contributed by atoms with Crippen LogP contribution < -0.4 is 0 Å². The maximum atomic E-state index is 10.8. The van der Waals surface area contributed by atoms with Crippen LogP contribution >= 0.6 is 0 Å². The molecule has 0 radical (unpaired) electrons. The Bertz CT molecular complexity index is 1150. The van der Waals surface area contributed by atoms with Gasteiger partial charge in [0.05, 0.1) is 32.0 Å². The van der Waals surface area contributed by atoms with Crippen LogP contribution in [0.4, 0.5) is 0 Å². The fraction of sp³-hybridized carbons (Fsp3) is 0. The van der Waals surface area contributed by atoms with Crippen molar-refractivity contribution in [1.29, 1.82) is 0 Å². The molecule has 2 aromatic rings. The van der Waals surface area contributed by atoms with E-state index >= 15 is 0 Å². The largest absolute Gasteiger partial charge is 0.478 e. The van der Waals surface area contributed by atoms with Crippen molar-refractivity contribution in [2.24, 2.45) is 0 Å². The van der Waals surface area contributed by atoms with Crippen LogP contribution in [-0.2, 0) is 20.2 Å². The lowest BCUT2D eigenvalue weighted by Crippen LogP contribution is -2.07. The highest BCUT2D eigenvalue weighted by molar-refractivity contribution is 7.86. The van der Waals surface area contributed by atoms with Gasteiger partial charge in [-0.3, -0.25) is 9.11 Å². The molecule has 0 aliphatic heterocycles. The van der Waals surface area contributed by atoms with Gasteiger partial charge in [-0.1, -0.05) is 0 Å². The van der Waals surface area contributed by atoms with Crippen LogP contribution in [0.25, 0.3) is 0 Å². The van der Waals surface area contributed by atoms with E-state index in [0.717, 1.165) is 12.1 Å². The molecule has 0 aromatic heterocycles. The molecule has 0 saturated heterocycles. The summed E-state index contributed by atoms with van der Waals surface area (Å²) in [5.74, 6) is -5.97. The van der Waals surface area contributed by atoms with Crippen LogP contribution in [0.1, 0.15) is 41.4 Å². The number of carboxylic acid groups (broad SMARTS) is 4. The van der Waals surface area contributed by atoms with Crippen LogP contribution in [0.2, 0.25) is 0 Å². The molecule has 2 aromatic carbocycles. The van der Waals surface area contributed by atoms with E-state index in [1.54, 1.807) is 0 Å². The van der Waals surface area contributed by atoms with Gasteiger partial charge in [0, 0.05) is 0 Å². The van der Waals surface area contributed by atoms with Crippen molar-refractivity contribution >= 4 is 44.1 Å². The Morgan fingerprint density at radius 1 is 0.469 bits per heavy atom. The second-order valence-electron chi connectivity index (χ2n) is 5.66. The van der Waals surface area contributed by atoms with Crippen molar-refractivity contribution in [2.45, 2.75) is 9.79 Å². The standard InChI is InChI=1S/2C8H6O7S/c2*9-7(10)4-1-5(8(11)12)3-6(2-4)16(13,14)15/h2*1-3H,(H,9,10)(H,11,12)(H,13,14,15). The van der Waals surface area contributed by atoms with Gasteiger partial charge < -0.3 is 20.4 Å². The number of carbonyl (C=O) groups is 4. The summed E-state index contributed by atoms with van der Waals surface area (Å²) < 4.78 is 60.4. The number of rotatable bonds is 6. The van der Waals surface area contributed by atoms with Crippen molar-refractivity contribution in [1.82, 2.24) is 0 Å². The maximum Gasteiger partial charge on any atom is 0.335 e. The van der Waals surface area contributed by atoms with Gasteiger partial charge in [0.2, 0.25) is 0 Å². The summed E-state index contributed by atoms with van der Waals surface area (Å²) in [6, 6.07) is 4.27. The van der Waals surface area contributed by atoms with Crippen LogP contribution in [-0.4, -0.2) is 70.2 Å². The van der Waals surface area contributed by atoms with E-state index in [0.29, 0.717) is 24.3 Å². The molecule has 32 heavy (non-hydrogen) atoms. The van der Waals surface area contributed by atoms with E-state index in [4.69, 9.17) is 29.5 Å². The van der Waals surface area contributed by atoms with E-state index < -0.39 is 76.2 Å². The predicted octanol–water partition coefficient (Wildman–Crippen LogP) is 0.659. The first-order valence-corrected chi connectivity index (χ1v) is 10.5. The minimum atomic E-state index is -4.64. The third-order valence-electron chi connectivity index (χ3n) is 3.40. The molecule has 0 aliphatic rings. The molecule has 2 rings (SSSR count). The zero-order valence-electron chi connectivity index (χ0n) is 15.2. The molecular weight excluding hydrogens is 480 g/mol. The minimum Gasteiger partial charge on any atom is -0.478 e. The molecule has 172 valence electrons. The highest BCUT2D eigenvalue weighted by Gasteiger charge is 2.18. The van der Waals surface area contributed by atoms with E-state index in [2.05, 4.69) is 0 Å². The van der Waals surface area contributed by atoms with Gasteiger partial charge >= 0.3 is 23.9 Å². The van der Waals surface area contributed by atoms with Crippen LogP contribution in [0.3, 0.4) is 0 Å². The first-order valence-electron chi connectivity index (χ1n) is 7.62. The quantitative estimate of drug-likeness (QED) is 0.303. The smallest absolute Gasteiger partial charge is 0.335 e. The fourth-order valence-electron chi connectivity index (χ4n) is 1.99. The molecular formula is C16H12O14S2. The average Bonchev–Trinajstić information content (AvgIpc) is 2.66. The molecule has 0 bridgehead atoms. The van der Waals surface area contributed by atoms with Gasteiger partial charge in [-0.15, -0.1) is 0 Å². The number of benzene rings is 2. The molecule has 0 unspecified atom stereocenters. The zero-order chi connectivity index (χ0) is 25.0. The average molecular weight is 492 g/mol. The summed E-state index contributed by atoms with van der Waals surface area (Å²) in [7, 11) is -9.28. The lowest BCUT2D eigenvalue weighted by Gasteiger charge is -2.02. The Kier molecular flexibility index (Phi) is 7.79. The molecule has 0 atom stereocenters. The Labute approximate surface area is 178 Å². The maximum absolute atomic E-state index is 10.8. The second kappa shape index (κ2) is 9.52. The van der Waals surface area contributed by atoms with E-state index in [1.807, 2.05) is 0 Å². The van der Waals surface area contributed by atoms with Crippen molar-refractivity contribution in [3.63, 3.8) is 0 Å². The minimum absolute atomic E-state index is 0.535. The van der Waals surface area contributed by atoms with Gasteiger partial charge in [0.15, 0.2) is 0 Å². The van der Waals surface area contributed by atoms with Crippen LogP contribution in [0, 0.1) is 0 Å². The third kappa shape index (κ3) is 7.13. The molecule has 6 N–H and O–H groups in total. The highest BCUT2D eigenvalue weighted by atomic mass is 32.2. The van der Waals surface area contributed by atoms with Crippen LogP contribution in [0.15, 0.2) is 46.2 Å². The topological polar surface area (TPSA) is 258 Å². The molecule has 16 heteroatoms. The van der Waals surface area contributed by atoms with Crippen molar-refractivity contribution in [3.8, 4) is 0 Å². The van der Waals surface area contributed by atoms with Gasteiger partial charge in [-0.25, -0.2) is 19.2 Å². The Morgan fingerprint density at radius 2 is 0.656 bits per heavy atom. The zero-order valence-corrected chi connectivity index (χ0v) is 16.9. The molecule has 0 heterocycles. The molecule has 0 saturated carbocycles. The molecule has 14 nitrogen and oxygen atoms in total. The molecule has 0 spiro atoms. The number of aromatic carboxylic acids is 4. The summed E-state index contributed by atoms with van der Waals surface area (Å²) in [5.41, 5.74) is -2.14. The predicted molar refractivity (Wildman–Crippen MR) is 100 cm³/mol. The van der Waals surface area contributed by atoms with Crippen molar-refractivity contribution in [3.05, 3.63) is 58.7 Å². The Balaban J connectivity index is 0.000000320. The first kappa shape index (κ1) is 26.2. The first-order chi connectivity index (χ1) is 14.4. The SMILES string of the molecule is O=C(O)c1cc(C(=O)O)cc(S(=O)(=O)O)c1.O=C(O)c1cc(C(=O)O)cc(S(=O)(=O)O)c1. The normalized spacial score (nSPS) is 11.1. The van der Waals surface area contributed by atoms with Gasteiger partial charge in [0.1, 0.15) is 0 Å². The summed E-state index contributed by atoms with van der Waals surface area (Å²) in [4.78, 5) is 40.8. The third-order valence-corrected chi connectivity index (χ3v) is 5.06. The molecule has 0 amide bonds. The monoisotopic (exact) mass is 492 g/mol. The van der Waals surface area contributed by atoms with Crippen LogP contribution in [0.5, 0.6) is 0 Å². The Hall–Kier alpha value is -3.86. The van der Waals surface area contributed by atoms with Crippen molar-refractivity contribution < 1.29 is 65.5 Å². The van der Waals surface area contributed by atoms with Gasteiger partial charge in [-0.05, 0) is 36.4 Å². The molecule has 0 aliphatic carbocycles. The summed E-state index contributed by atoms with van der Waals surface area (Å²) in [6.45, 7) is 0. The van der Waals surface area contributed by atoms with E-state index in [1.165, 1.54) is 0 Å². The van der Waals surface area contributed by atoms with Gasteiger partial charge in [-0.2, -0.15) is 16.8 Å². The van der Waals surface area contributed by atoms with Crippen molar-refractivity contribution in [2.75, 3.05) is 0 Å². The lowest BCUT2D eigenvalue weighted by molar-refractivity contribution is 0.0675. The summed E-state index contributed by atoms with van der Waals surface area (Å²) in [6.07, 6.45) is 0. The van der Waals surface area contributed by atoms with Gasteiger partial charge in [0.25, 0.3) is 20.2 Å². The number of carboxylic acids is 4. The lowest BCUT2D eigenvalue weighted by atomic mass is 10.1. The summed E-state index contributed by atoms with van der Waals surface area (Å²) in [5, 5.41) is 34.4. The number of hydrogen-bond acceptors (Lipinski definition) is 8. The second-order valence-corrected chi connectivity index (χ2v) is 8.51.